The van der Waals surface area contributed by atoms with Crippen LogP contribution in [0, 0.1) is 0 Å². The molecule has 10 nitrogen and oxygen atoms in total. The van der Waals surface area contributed by atoms with Gasteiger partial charge < -0.3 is 38.3 Å². The lowest BCUT2D eigenvalue weighted by Gasteiger charge is -2.46. The number of carbonyl (C=O) groups is 2. The number of fused-ring (bicyclic) bond motifs is 1. The van der Waals surface area contributed by atoms with E-state index in [1.165, 1.54) is 0 Å². The molecule has 0 bridgehead atoms. The Bertz CT molecular complexity index is 1030. The van der Waals surface area contributed by atoms with Gasteiger partial charge in [0.25, 0.3) is 0 Å². The molecule has 0 aliphatic carbocycles. The molecule has 2 aromatic rings. The molecular formula is C24H24Cl2O10. The molecule has 0 radical (unpaired) electrons. The maximum atomic E-state index is 12.6. The van der Waals surface area contributed by atoms with E-state index < -0.39 is 62.1 Å². The van der Waals surface area contributed by atoms with E-state index in [2.05, 4.69) is 0 Å². The predicted octanol–water partition coefficient (Wildman–Crippen LogP) is 2.75. The Morgan fingerprint density at radius 3 is 1.89 bits per heavy atom. The summed E-state index contributed by atoms with van der Waals surface area (Å²) in [4.78, 5) is 25.1. The van der Waals surface area contributed by atoms with Crippen molar-refractivity contribution in [1.82, 2.24) is 0 Å². The maximum absolute atomic E-state index is 12.6. The van der Waals surface area contributed by atoms with Crippen LogP contribution in [0.1, 0.15) is 6.92 Å². The van der Waals surface area contributed by atoms with Crippen LogP contribution in [0.25, 0.3) is 0 Å². The molecule has 12 heteroatoms. The molecule has 0 aromatic heterocycles. The molecule has 194 valence electrons. The summed E-state index contributed by atoms with van der Waals surface area (Å²) in [6.45, 7) is 0.821. The van der Waals surface area contributed by atoms with Crippen LogP contribution in [-0.2, 0) is 33.3 Å². The van der Waals surface area contributed by atoms with E-state index in [-0.39, 0.29) is 6.61 Å². The summed E-state index contributed by atoms with van der Waals surface area (Å²) in [5, 5.41) is 11.6. The van der Waals surface area contributed by atoms with Gasteiger partial charge >= 0.3 is 11.9 Å². The van der Waals surface area contributed by atoms with E-state index >= 15 is 0 Å². The van der Waals surface area contributed by atoms with Gasteiger partial charge in [0.2, 0.25) is 0 Å². The van der Waals surface area contributed by atoms with Gasteiger partial charge in [0.1, 0.15) is 23.7 Å². The highest BCUT2D eigenvalue weighted by atomic mass is 35.5. The van der Waals surface area contributed by atoms with Crippen molar-refractivity contribution >= 4 is 35.1 Å². The minimum absolute atomic E-state index is 0.0819. The fourth-order valence-corrected chi connectivity index (χ4v) is 3.91. The number of rotatable bonds is 8. The van der Waals surface area contributed by atoms with Gasteiger partial charge in [0.05, 0.1) is 6.61 Å². The summed E-state index contributed by atoms with van der Waals surface area (Å²) in [5.74, 6) is -0.807. The first-order valence-electron chi connectivity index (χ1n) is 11.0. The third-order valence-corrected chi connectivity index (χ3v) is 5.83. The van der Waals surface area contributed by atoms with Gasteiger partial charge in [-0.1, -0.05) is 23.2 Å². The van der Waals surface area contributed by atoms with Crippen molar-refractivity contribution in [2.24, 2.45) is 0 Å². The van der Waals surface area contributed by atoms with Crippen molar-refractivity contribution < 1.29 is 47.9 Å². The molecule has 36 heavy (non-hydrogen) atoms. The van der Waals surface area contributed by atoms with Crippen LogP contribution in [-0.4, -0.2) is 73.9 Å². The van der Waals surface area contributed by atoms with Gasteiger partial charge in [-0.15, -0.1) is 0 Å². The van der Waals surface area contributed by atoms with E-state index in [4.69, 9.17) is 56.4 Å². The van der Waals surface area contributed by atoms with Crippen LogP contribution in [0.5, 0.6) is 11.5 Å². The van der Waals surface area contributed by atoms with Gasteiger partial charge in [-0.25, -0.2) is 9.59 Å². The van der Waals surface area contributed by atoms with Gasteiger partial charge in [-0.3, -0.25) is 0 Å². The third-order valence-electron chi connectivity index (χ3n) is 5.33. The Labute approximate surface area is 216 Å². The molecule has 2 aromatic carbocycles. The van der Waals surface area contributed by atoms with Crippen LogP contribution >= 0.6 is 23.2 Å². The number of aliphatic hydroxyl groups excluding tert-OH is 1. The van der Waals surface area contributed by atoms with Crippen molar-refractivity contribution in [3.05, 3.63) is 58.6 Å². The first kappa shape index (κ1) is 26.5. The van der Waals surface area contributed by atoms with E-state index in [1.807, 2.05) is 0 Å². The Morgan fingerprint density at radius 1 is 0.861 bits per heavy atom. The summed E-state index contributed by atoms with van der Waals surface area (Å²) < 4.78 is 38.5. The molecule has 2 saturated heterocycles. The van der Waals surface area contributed by atoms with E-state index in [9.17, 15) is 14.7 Å². The number of halogens is 2. The van der Waals surface area contributed by atoms with Crippen LogP contribution in [0.4, 0.5) is 0 Å². The zero-order valence-electron chi connectivity index (χ0n) is 19.1. The quantitative estimate of drug-likeness (QED) is 0.498. The largest absolute Gasteiger partial charge is 0.482 e. The molecular weight excluding hydrogens is 519 g/mol. The maximum Gasteiger partial charge on any atom is 0.344 e. The summed E-state index contributed by atoms with van der Waals surface area (Å²) >= 11 is 11.7. The number of benzene rings is 2. The van der Waals surface area contributed by atoms with Crippen molar-refractivity contribution in [2.75, 3.05) is 19.8 Å². The second kappa shape index (κ2) is 12.1. The fourth-order valence-electron chi connectivity index (χ4n) is 3.66. The number of ether oxygens (including phenoxy) is 7. The van der Waals surface area contributed by atoms with Gasteiger partial charge in [0.15, 0.2) is 38.0 Å². The van der Waals surface area contributed by atoms with E-state index in [0.717, 1.165) is 0 Å². The lowest BCUT2D eigenvalue weighted by molar-refractivity contribution is -0.350. The summed E-state index contributed by atoms with van der Waals surface area (Å²) in [7, 11) is 0. The molecule has 4 rings (SSSR count). The van der Waals surface area contributed by atoms with Crippen molar-refractivity contribution in [1.29, 1.82) is 0 Å². The first-order chi connectivity index (χ1) is 17.3. The fraction of sp³-hybridized carbons (Fsp3) is 0.417. The molecule has 2 aliphatic heterocycles. The Kier molecular flexibility index (Phi) is 8.89. The zero-order valence-corrected chi connectivity index (χ0v) is 20.6. The highest BCUT2D eigenvalue weighted by Gasteiger charge is 2.52. The molecule has 1 unspecified atom stereocenters. The highest BCUT2D eigenvalue weighted by Crippen LogP contribution is 2.31. The lowest BCUT2D eigenvalue weighted by atomic mass is 9.97. The van der Waals surface area contributed by atoms with E-state index in [0.29, 0.717) is 21.5 Å². The summed E-state index contributed by atoms with van der Waals surface area (Å²) in [5.41, 5.74) is 0. The Hall–Kier alpha value is -2.60. The second-order valence-corrected chi connectivity index (χ2v) is 8.83. The minimum atomic E-state index is -1.61. The Morgan fingerprint density at radius 2 is 1.36 bits per heavy atom. The highest BCUT2D eigenvalue weighted by molar-refractivity contribution is 6.30. The number of aliphatic hydroxyl groups is 1. The van der Waals surface area contributed by atoms with Crippen molar-refractivity contribution in [3.8, 4) is 11.5 Å². The van der Waals surface area contributed by atoms with Crippen LogP contribution in [0.3, 0.4) is 0 Å². The Balaban J connectivity index is 1.41. The molecule has 0 amide bonds. The second-order valence-electron chi connectivity index (χ2n) is 7.96. The SMILES string of the molecule is CC1OC[C@H]2O[C@@H](O)[C@H](OC(=O)COc3ccc(Cl)cc3)[C@@H](OC(=O)COc3ccc(Cl)cc3)[C@@H]2O1. The van der Waals surface area contributed by atoms with Crippen LogP contribution in [0.15, 0.2) is 48.5 Å². The molecule has 1 N–H and O–H groups in total. The van der Waals surface area contributed by atoms with Crippen molar-refractivity contribution in [2.45, 2.75) is 43.9 Å². The molecule has 6 atom stereocenters. The van der Waals surface area contributed by atoms with E-state index in [1.54, 1.807) is 55.5 Å². The minimum Gasteiger partial charge on any atom is -0.482 e. The first-order valence-corrected chi connectivity index (χ1v) is 11.8. The zero-order chi connectivity index (χ0) is 25.7. The standard InChI is InChI=1S/C24H24Cl2O10/c1-13-30-10-18-21(33-13)22(35-19(27)11-31-16-6-2-14(25)3-7-16)23(24(29)34-18)36-20(28)12-32-17-8-4-15(26)5-9-17/h2-9,13,18,21-24,29H,10-12H2,1H3/t13?,18-,21-,22+,23-,24-/m1/s1. The average Bonchev–Trinajstić information content (AvgIpc) is 2.86. The summed E-state index contributed by atoms with van der Waals surface area (Å²) in [6.07, 6.45) is -6.47. The number of esters is 2. The molecule has 0 saturated carbocycles. The van der Waals surface area contributed by atoms with Gasteiger partial charge in [-0.2, -0.15) is 0 Å². The van der Waals surface area contributed by atoms with Crippen molar-refractivity contribution in [3.63, 3.8) is 0 Å². The lowest BCUT2D eigenvalue weighted by Crippen LogP contribution is -2.64. The number of carbonyl (C=O) groups excluding carboxylic acids is 2. The van der Waals surface area contributed by atoms with Gasteiger partial charge in [-0.05, 0) is 55.5 Å². The normalized spacial score (nSPS) is 27.4. The van der Waals surface area contributed by atoms with Gasteiger partial charge in [0, 0.05) is 10.0 Å². The predicted molar refractivity (Wildman–Crippen MR) is 125 cm³/mol. The smallest absolute Gasteiger partial charge is 0.344 e. The molecule has 2 heterocycles. The average molecular weight is 543 g/mol. The molecule has 2 aliphatic rings. The topological polar surface area (TPSA) is 119 Å². The molecule has 2 fully saturated rings. The van der Waals surface area contributed by atoms with Crippen LogP contribution < -0.4 is 9.47 Å². The third kappa shape index (κ3) is 7.00. The number of hydrogen-bond acceptors (Lipinski definition) is 10. The summed E-state index contributed by atoms with van der Waals surface area (Å²) in [6, 6.07) is 12.8. The van der Waals surface area contributed by atoms with Crippen LogP contribution in [0.2, 0.25) is 10.0 Å². The molecule has 0 spiro atoms. The number of hydrogen-bond donors (Lipinski definition) is 1. The monoisotopic (exact) mass is 542 g/mol.